The van der Waals surface area contributed by atoms with Gasteiger partial charge in [-0.1, -0.05) is 24.7 Å². The maximum absolute atomic E-state index is 12.6. The van der Waals surface area contributed by atoms with Gasteiger partial charge in [0, 0.05) is 25.4 Å². The van der Waals surface area contributed by atoms with Gasteiger partial charge in [0.05, 0.1) is 24.5 Å². The molecule has 0 radical (unpaired) electrons. The van der Waals surface area contributed by atoms with Crippen LogP contribution in [0.1, 0.15) is 55.4 Å². The van der Waals surface area contributed by atoms with E-state index in [2.05, 4.69) is 33.2 Å². The van der Waals surface area contributed by atoms with E-state index in [1.807, 2.05) is 4.90 Å². The number of aromatic nitrogens is 4. The van der Waals surface area contributed by atoms with Gasteiger partial charge in [0.15, 0.2) is 0 Å². The van der Waals surface area contributed by atoms with Gasteiger partial charge >= 0.3 is 0 Å². The Bertz CT molecular complexity index is 766. The zero-order valence-corrected chi connectivity index (χ0v) is 16.1. The highest BCUT2D eigenvalue weighted by Gasteiger charge is 2.30. The summed E-state index contributed by atoms with van der Waals surface area (Å²) in [4.78, 5) is 14.6. The monoisotopic (exact) mass is 374 g/mol. The van der Waals surface area contributed by atoms with Crippen LogP contribution in [0.2, 0.25) is 0 Å². The van der Waals surface area contributed by atoms with E-state index in [0.29, 0.717) is 19.0 Å². The molecule has 26 heavy (non-hydrogen) atoms. The Morgan fingerprint density at radius 1 is 1.31 bits per heavy atom. The Kier molecular flexibility index (Phi) is 5.19. The van der Waals surface area contributed by atoms with Gasteiger partial charge in [-0.3, -0.25) is 9.48 Å². The number of amides is 1. The molecule has 0 atom stereocenters. The summed E-state index contributed by atoms with van der Waals surface area (Å²) in [5, 5.41) is 18.3. The molecule has 7 nitrogen and oxygen atoms in total. The third-order valence-corrected chi connectivity index (χ3v) is 6.12. The fourth-order valence-electron chi connectivity index (χ4n) is 3.52. The molecule has 2 aromatic heterocycles. The molecule has 0 aromatic carbocycles. The Balaban J connectivity index is 1.38. The highest BCUT2D eigenvalue weighted by Crippen LogP contribution is 2.29. The summed E-state index contributed by atoms with van der Waals surface area (Å²) >= 11 is 1.61. The number of hydrogen-bond acceptors (Lipinski definition) is 6. The molecular weight excluding hydrogens is 348 g/mol. The molecule has 0 saturated heterocycles. The molecule has 3 heterocycles. The fraction of sp³-hybridized carbons (Fsp3) is 0.667. The summed E-state index contributed by atoms with van der Waals surface area (Å²) in [6.45, 7) is 5.19. The minimum atomic E-state index is 0.264. The Hall–Kier alpha value is -1.96. The first-order chi connectivity index (χ1) is 12.7. The van der Waals surface area contributed by atoms with Crippen LogP contribution in [0.3, 0.4) is 0 Å². The van der Waals surface area contributed by atoms with Crippen LogP contribution in [0.4, 0.5) is 5.13 Å². The van der Waals surface area contributed by atoms with E-state index in [4.69, 9.17) is 5.10 Å². The van der Waals surface area contributed by atoms with E-state index in [1.54, 1.807) is 11.3 Å². The maximum Gasteiger partial charge on any atom is 0.226 e. The van der Waals surface area contributed by atoms with Gasteiger partial charge in [0.25, 0.3) is 0 Å². The number of carbonyl (C=O) groups is 1. The lowest BCUT2D eigenvalue weighted by Gasteiger charge is -2.30. The van der Waals surface area contributed by atoms with Gasteiger partial charge in [0.2, 0.25) is 11.0 Å². The number of rotatable bonds is 6. The smallest absolute Gasteiger partial charge is 0.226 e. The number of nitrogens with zero attached hydrogens (tertiary/aromatic N) is 5. The average molecular weight is 375 g/mol. The largest absolute Gasteiger partial charge is 0.354 e. The molecule has 0 unspecified atom stereocenters. The van der Waals surface area contributed by atoms with Gasteiger partial charge in [-0.05, 0) is 31.7 Å². The van der Waals surface area contributed by atoms with E-state index in [0.717, 1.165) is 66.7 Å². The topological polar surface area (TPSA) is 75.9 Å². The van der Waals surface area contributed by atoms with Crippen molar-refractivity contribution < 1.29 is 4.79 Å². The Morgan fingerprint density at radius 3 is 2.96 bits per heavy atom. The molecule has 1 saturated carbocycles. The van der Waals surface area contributed by atoms with Crippen molar-refractivity contribution in [3.63, 3.8) is 0 Å². The number of nitrogens with one attached hydrogen (secondary N) is 1. The van der Waals surface area contributed by atoms with E-state index < -0.39 is 0 Å². The van der Waals surface area contributed by atoms with Crippen LogP contribution in [0.15, 0.2) is 6.07 Å². The van der Waals surface area contributed by atoms with Crippen LogP contribution in [0, 0.1) is 5.92 Å². The molecule has 2 aromatic rings. The van der Waals surface area contributed by atoms with Gasteiger partial charge in [-0.25, -0.2) is 0 Å². The lowest BCUT2D eigenvalue weighted by atomic mass is 9.84. The second-order valence-electron chi connectivity index (χ2n) is 7.20. The first kappa shape index (κ1) is 17.5. The molecule has 1 amide bonds. The van der Waals surface area contributed by atoms with Crippen molar-refractivity contribution in [3.8, 4) is 0 Å². The van der Waals surface area contributed by atoms with Crippen LogP contribution in [0.5, 0.6) is 0 Å². The molecule has 1 fully saturated rings. The van der Waals surface area contributed by atoms with E-state index in [-0.39, 0.29) is 5.92 Å². The van der Waals surface area contributed by atoms with Crippen LogP contribution in [-0.2, 0) is 30.8 Å². The van der Waals surface area contributed by atoms with Gasteiger partial charge < -0.3 is 10.2 Å². The van der Waals surface area contributed by atoms with E-state index in [1.165, 1.54) is 6.42 Å². The Labute approximate surface area is 157 Å². The SMILES string of the molecule is CCCc1nnc(NCc2cc3n(n2)CCCN(C(=O)C2CCC2)C3)s1. The van der Waals surface area contributed by atoms with Crippen molar-refractivity contribution in [1.29, 1.82) is 0 Å². The third kappa shape index (κ3) is 3.75. The predicted molar refractivity (Wildman–Crippen MR) is 101 cm³/mol. The predicted octanol–water partition coefficient (Wildman–Crippen LogP) is 2.83. The summed E-state index contributed by atoms with van der Waals surface area (Å²) in [5.74, 6) is 0.600. The fourth-order valence-corrected chi connectivity index (χ4v) is 4.35. The van der Waals surface area contributed by atoms with Crippen molar-refractivity contribution in [1.82, 2.24) is 24.9 Å². The molecule has 1 N–H and O–H groups in total. The van der Waals surface area contributed by atoms with Crippen molar-refractivity contribution in [3.05, 3.63) is 22.5 Å². The minimum Gasteiger partial charge on any atom is -0.354 e. The molecule has 1 aliphatic carbocycles. The molecule has 140 valence electrons. The second-order valence-corrected chi connectivity index (χ2v) is 8.26. The second kappa shape index (κ2) is 7.73. The van der Waals surface area contributed by atoms with Crippen molar-refractivity contribution in [2.24, 2.45) is 5.92 Å². The van der Waals surface area contributed by atoms with Crippen LogP contribution >= 0.6 is 11.3 Å². The lowest BCUT2D eigenvalue weighted by Crippen LogP contribution is -2.38. The highest BCUT2D eigenvalue weighted by atomic mass is 32.1. The standard InChI is InChI=1S/C18H26N6OS/c1-2-5-16-20-21-18(26-16)19-11-14-10-15-12-23(8-4-9-24(15)22-14)17(25)13-6-3-7-13/h10,13H,2-9,11-12H2,1H3,(H,19,21). The van der Waals surface area contributed by atoms with Crippen LogP contribution in [-0.4, -0.2) is 37.3 Å². The number of hydrogen-bond donors (Lipinski definition) is 1. The lowest BCUT2D eigenvalue weighted by molar-refractivity contribution is -0.138. The molecule has 2 aliphatic rings. The number of carbonyl (C=O) groups excluding carboxylic acids is 1. The van der Waals surface area contributed by atoms with Gasteiger partial charge in [-0.2, -0.15) is 5.10 Å². The minimum absolute atomic E-state index is 0.264. The molecule has 8 heteroatoms. The van der Waals surface area contributed by atoms with Crippen molar-refractivity contribution in [2.75, 3.05) is 11.9 Å². The zero-order chi connectivity index (χ0) is 17.9. The van der Waals surface area contributed by atoms with Crippen molar-refractivity contribution in [2.45, 2.75) is 65.1 Å². The zero-order valence-electron chi connectivity index (χ0n) is 15.3. The molecular formula is C18H26N6OS. The average Bonchev–Trinajstić information content (AvgIpc) is 3.13. The normalized spacial score (nSPS) is 17.5. The summed E-state index contributed by atoms with van der Waals surface area (Å²) in [5.41, 5.74) is 2.13. The molecule has 0 bridgehead atoms. The molecule has 4 rings (SSSR count). The van der Waals surface area contributed by atoms with Gasteiger partial charge in [0.1, 0.15) is 5.01 Å². The van der Waals surface area contributed by atoms with E-state index in [9.17, 15) is 4.79 Å². The number of fused-ring (bicyclic) bond motifs is 1. The Morgan fingerprint density at radius 2 is 2.19 bits per heavy atom. The highest BCUT2D eigenvalue weighted by molar-refractivity contribution is 7.15. The maximum atomic E-state index is 12.6. The van der Waals surface area contributed by atoms with Crippen molar-refractivity contribution >= 4 is 22.4 Å². The molecule has 0 spiro atoms. The summed E-state index contributed by atoms with van der Waals surface area (Å²) in [7, 11) is 0. The summed E-state index contributed by atoms with van der Waals surface area (Å²) in [6, 6.07) is 2.12. The first-order valence-electron chi connectivity index (χ1n) is 9.63. The summed E-state index contributed by atoms with van der Waals surface area (Å²) in [6.07, 6.45) is 6.35. The van der Waals surface area contributed by atoms with Crippen LogP contribution < -0.4 is 5.32 Å². The first-order valence-corrected chi connectivity index (χ1v) is 10.4. The summed E-state index contributed by atoms with van der Waals surface area (Å²) < 4.78 is 2.06. The van der Waals surface area contributed by atoms with Crippen LogP contribution in [0.25, 0.3) is 0 Å². The number of anilines is 1. The van der Waals surface area contributed by atoms with Gasteiger partial charge in [-0.15, -0.1) is 10.2 Å². The molecule has 1 aliphatic heterocycles. The third-order valence-electron chi connectivity index (χ3n) is 5.18. The number of aryl methyl sites for hydroxylation is 2. The van der Waals surface area contributed by atoms with E-state index >= 15 is 0 Å². The quantitative estimate of drug-likeness (QED) is 0.841.